The van der Waals surface area contributed by atoms with Crippen LogP contribution in [0.2, 0.25) is 0 Å². The predicted octanol–water partition coefficient (Wildman–Crippen LogP) is 1.03. The molecule has 2 atom stereocenters. The van der Waals surface area contributed by atoms with Crippen molar-refractivity contribution in [2.75, 3.05) is 13.0 Å². The molecule has 5 heteroatoms. The van der Waals surface area contributed by atoms with Gasteiger partial charge < -0.3 is 20.1 Å². The van der Waals surface area contributed by atoms with Crippen LogP contribution in [0.4, 0.5) is 0 Å². The molecule has 0 spiro atoms. The summed E-state index contributed by atoms with van der Waals surface area (Å²) in [6.45, 7) is 0. The van der Waals surface area contributed by atoms with Crippen molar-refractivity contribution in [1.29, 1.82) is 0 Å². The molecule has 0 radical (unpaired) electrons. The Labute approximate surface area is 92.7 Å². The molecule has 0 aliphatic heterocycles. The van der Waals surface area contributed by atoms with Crippen molar-refractivity contribution >= 4 is 11.6 Å². The van der Waals surface area contributed by atoms with Crippen molar-refractivity contribution in [3.05, 3.63) is 23.8 Å². The first-order valence-corrected chi connectivity index (χ1v) is 4.93. The molecule has 0 amide bonds. The molecule has 1 aromatic carbocycles. The topological polar surface area (TPSA) is 69.9 Å². The Morgan fingerprint density at radius 2 is 2.07 bits per heavy atom. The van der Waals surface area contributed by atoms with Crippen molar-refractivity contribution < 1.29 is 20.1 Å². The van der Waals surface area contributed by atoms with E-state index in [1.807, 2.05) is 0 Å². The monoisotopic (exact) mass is 232 g/mol. The Morgan fingerprint density at radius 3 is 2.60 bits per heavy atom. The van der Waals surface area contributed by atoms with E-state index >= 15 is 0 Å². The van der Waals surface area contributed by atoms with Crippen LogP contribution in [-0.4, -0.2) is 34.4 Å². The van der Waals surface area contributed by atoms with E-state index in [2.05, 4.69) is 0 Å². The molecule has 1 aromatic rings. The molecule has 84 valence electrons. The van der Waals surface area contributed by atoms with Gasteiger partial charge in [0.05, 0.1) is 19.1 Å². The van der Waals surface area contributed by atoms with Gasteiger partial charge in [0.25, 0.3) is 0 Å². The number of phenolic OH excluding ortho intramolecular Hbond substituents is 1. The summed E-state index contributed by atoms with van der Waals surface area (Å²) in [4.78, 5) is 0. The zero-order valence-electron chi connectivity index (χ0n) is 8.22. The van der Waals surface area contributed by atoms with Crippen LogP contribution in [0.15, 0.2) is 18.2 Å². The molecule has 0 fully saturated rings. The largest absolute Gasteiger partial charge is 0.504 e. The number of ether oxygens (including phenoxy) is 1. The first-order valence-electron chi connectivity index (χ1n) is 4.39. The van der Waals surface area contributed by atoms with Gasteiger partial charge in [-0.05, 0) is 6.07 Å². The van der Waals surface area contributed by atoms with E-state index in [-0.39, 0.29) is 22.9 Å². The number of rotatable bonds is 4. The molecule has 0 aliphatic rings. The summed E-state index contributed by atoms with van der Waals surface area (Å²) >= 11 is 5.40. The SMILES string of the molecule is COc1cccc(C(O)C(O)CCl)c1O. The zero-order valence-corrected chi connectivity index (χ0v) is 8.98. The van der Waals surface area contributed by atoms with Crippen LogP contribution in [0.1, 0.15) is 11.7 Å². The fourth-order valence-corrected chi connectivity index (χ4v) is 1.40. The number of para-hydroxylation sites is 1. The van der Waals surface area contributed by atoms with Gasteiger partial charge in [-0.15, -0.1) is 11.6 Å². The lowest BCUT2D eigenvalue weighted by Crippen LogP contribution is -2.19. The van der Waals surface area contributed by atoms with Crippen molar-refractivity contribution in [2.45, 2.75) is 12.2 Å². The number of halogens is 1. The lowest BCUT2D eigenvalue weighted by Gasteiger charge is -2.17. The summed E-state index contributed by atoms with van der Waals surface area (Å²) in [5, 5.41) is 28.6. The van der Waals surface area contributed by atoms with Crippen molar-refractivity contribution in [3.63, 3.8) is 0 Å². The van der Waals surface area contributed by atoms with E-state index < -0.39 is 12.2 Å². The molecular weight excluding hydrogens is 220 g/mol. The molecule has 0 saturated heterocycles. The van der Waals surface area contributed by atoms with E-state index in [0.29, 0.717) is 0 Å². The van der Waals surface area contributed by atoms with Crippen LogP contribution in [0.3, 0.4) is 0 Å². The molecule has 0 aromatic heterocycles. The predicted molar refractivity (Wildman–Crippen MR) is 56.3 cm³/mol. The third kappa shape index (κ3) is 2.53. The van der Waals surface area contributed by atoms with Gasteiger partial charge in [-0.1, -0.05) is 12.1 Å². The highest BCUT2D eigenvalue weighted by Gasteiger charge is 2.21. The Kier molecular flexibility index (Phi) is 4.20. The molecule has 2 unspecified atom stereocenters. The molecule has 1 rings (SSSR count). The standard InChI is InChI=1S/C10H13ClO4/c1-15-8-4-2-3-6(10(8)14)9(13)7(12)5-11/h2-4,7,9,12-14H,5H2,1H3. The maximum Gasteiger partial charge on any atom is 0.163 e. The quantitative estimate of drug-likeness (QED) is 0.679. The number of aromatic hydroxyl groups is 1. The second-order valence-electron chi connectivity index (χ2n) is 3.06. The third-order valence-corrected chi connectivity index (χ3v) is 2.41. The maximum atomic E-state index is 9.66. The summed E-state index contributed by atoms with van der Waals surface area (Å²) in [7, 11) is 1.41. The van der Waals surface area contributed by atoms with Crippen LogP contribution >= 0.6 is 11.6 Å². The van der Waals surface area contributed by atoms with Gasteiger partial charge in [-0.3, -0.25) is 0 Å². The summed E-state index contributed by atoms with van der Waals surface area (Å²) < 4.78 is 4.87. The number of hydrogen-bond acceptors (Lipinski definition) is 4. The molecule has 4 nitrogen and oxygen atoms in total. The number of aliphatic hydroxyl groups excluding tert-OH is 2. The number of hydrogen-bond donors (Lipinski definition) is 3. The lowest BCUT2D eigenvalue weighted by atomic mass is 10.0. The number of methoxy groups -OCH3 is 1. The highest BCUT2D eigenvalue weighted by atomic mass is 35.5. The van der Waals surface area contributed by atoms with Gasteiger partial charge in [-0.25, -0.2) is 0 Å². The second-order valence-corrected chi connectivity index (χ2v) is 3.37. The average molecular weight is 233 g/mol. The van der Waals surface area contributed by atoms with Gasteiger partial charge in [0.2, 0.25) is 0 Å². The minimum atomic E-state index is -1.22. The Bertz CT molecular complexity index is 329. The van der Waals surface area contributed by atoms with E-state index in [0.717, 1.165) is 0 Å². The smallest absolute Gasteiger partial charge is 0.163 e. The molecule has 0 saturated carbocycles. The summed E-state index contributed by atoms with van der Waals surface area (Å²) in [6.07, 6.45) is -2.35. The highest BCUT2D eigenvalue weighted by Crippen LogP contribution is 2.34. The fraction of sp³-hybridized carbons (Fsp3) is 0.400. The first-order chi connectivity index (χ1) is 7.11. The number of alkyl halides is 1. The van der Waals surface area contributed by atoms with Crippen LogP contribution < -0.4 is 4.74 Å². The number of phenols is 1. The van der Waals surface area contributed by atoms with E-state index in [1.54, 1.807) is 12.1 Å². The van der Waals surface area contributed by atoms with Gasteiger partial charge in [0, 0.05) is 5.56 Å². The minimum Gasteiger partial charge on any atom is -0.504 e. The number of aliphatic hydroxyl groups is 2. The van der Waals surface area contributed by atoms with Gasteiger partial charge in [0.1, 0.15) is 6.10 Å². The lowest BCUT2D eigenvalue weighted by molar-refractivity contribution is 0.0310. The first kappa shape index (κ1) is 12.1. The molecular formula is C10H13ClO4. The highest BCUT2D eigenvalue weighted by molar-refractivity contribution is 6.18. The van der Waals surface area contributed by atoms with Gasteiger partial charge >= 0.3 is 0 Å². The van der Waals surface area contributed by atoms with Gasteiger partial charge in [-0.2, -0.15) is 0 Å². The molecule has 0 aliphatic carbocycles. The number of benzene rings is 1. The molecule has 0 heterocycles. The average Bonchev–Trinajstić information content (AvgIpc) is 2.27. The zero-order chi connectivity index (χ0) is 11.4. The van der Waals surface area contributed by atoms with Crippen molar-refractivity contribution in [2.24, 2.45) is 0 Å². The fourth-order valence-electron chi connectivity index (χ4n) is 1.23. The summed E-state index contributed by atoms with van der Waals surface area (Å²) in [5.74, 6) is -0.0531. The van der Waals surface area contributed by atoms with Crippen LogP contribution in [-0.2, 0) is 0 Å². The van der Waals surface area contributed by atoms with Gasteiger partial charge in [0.15, 0.2) is 11.5 Å². The molecule has 15 heavy (non-hydrogen) atoms. The van der Waals surface area contributed by atoms with E-state index in [4.69, 9.17) is 16.3 Å². The third-order valence-electron chi connectivity index (χ3n) is 2.09. The molecule has 3 N–H and O–H groups in total. The second kappa shape index (κ2) is 5.21. The summed E-state index contributed by atoms with van der Waals surface area (Å²) in [6, 6.07) is 4.66. The Balaban J connectivity index is 3.03. The van der Waals surface area contributed by atoms with Crippen LogP contribution in [0.5, 0.6) is 11.5 Å². The Morgan fingerprint density at radius 1 is 1.40 bits per heavy atom. The summed E-state index contributed by atoms with van der Waals surface area (Å²) in [5.41, 5.74) is 0.197. The minimum absolute atomic E-state index is 0.113. The maximum absolute atomic E-state index is 9.66. The van der Waals surface area contributed by atoms with Crippen molar-refractivity contribution in [3.8, 4) is 11.5 Å². The Hall–Kier alpha value is -0.970. The van der Waals surface area contributed by atoms with Crippen molar-refractivity contribution in [1.82, 2.24) is 0 Å². The van der Waals surface area contributed by atoms with Crippen LogP contribution in [0, 0.1) is 0 Å². The normalized spacial score (nSPS) is 14.7. The van der Waals surface area contributed by atoms with E-state index in [9.17, 15) is 15.3 Å². The molecule has 0 bridgehead atoms. The van der Waals surface area contributed by atoms with Crippen LogP contribution in [0.25, 0.3) is 0 Å². The van der Waals surface area contributed by atoms with E-state index in [1.165, 1.54) is 13.2 Å².